The van der Waals surface area contributed by atoms with Gasteiger partial charge in [0.15, 0.2) is 0 Å². The number of benzene rings is 2. The van der Waals surface area contributed by atoms with Crippen LogP contribution in [0.5, 0.6) is 0 Å². The number of carbonyl (C=O) groups excluding carboxylic acids is 2. The number of hydrogen-bond donors (Lipinski definition) is 1. The fourth-order valence-corrected chi connectivity index (χ4v) is 2.44. The van der Waals surface area contributed by atoms with Crippen LogP contribution in [0.3, 0.4) is 0 Å². The molecule has 0 atom stereocenters. The van der Waals surface area contributed by atoms with Crippen molar-refractivity contribution in [1.82, 2.24) is 15.5 Å². The van der Waals surface area contributed by atoms with Crippen molar-refractivity contribution in [2.45, 2.75) is 19.4 Å². The van der Waals surface area contributed by atoms with Crippen LogP contribution in [0.2, 0.25) is 0 Å². The second kappa shape index (κ2) is 8.75. The predicted octanol–water partition coefficient (Wildman–Crippen LogP) is 2.77. The molecule has 0 aliphatic carbocycles. The average molecular weight is 365 g/mol. The zero-order chi connectivity index (χ0) is 19.1. The lowest BCUT2D eigenvalue weighted by Crippen LogP contribution is -2.23. The number of amides is 1. The Bertz CT molecular complexity index is 904. The number of nitrogens with zero attached hydrogens (tertiary/aromatic N) is 2. The highest BCUT2D eigenvalue weighted by Crippen LogP contribution is 2.17. The summed E-state index contributed by atoms with van der Waals surface area (Å²) in [6, 6.07) is 16.3. The Morgan fingerprint density at radius 2 is 1.78 bits per heavy atom. The first-order chi connectivity index (χ1) is 13.2. The van der Waals surface area contributed by atoms with Crippen molar-refractivity contribution in [2.24, 2.45) is 0 Å². The standard InChI is InChI=1S/C20H19N3O4/c1-26-20(25)16-9-7-14(8-10-16)13-21-17(24)11-12-18-22-23-19(27-18)15-5-3-2-4-6-15/h2-10H,11-13H2,1H3,(H,21,24). The van der Waals surface area contributed by atoms with E-state index in [-0.39, 0.29) is 18.3 Å². The molecule has 3 rings (SSSR count). The molecule has 1 heterocycles. The van der Waals surface area contributed by atoms with E-state index >= 15 is 0 Å². The van der Waals surface area contributed by atoms with Gasteiger partial charge in [-0.3, -0.25) is 4.79 Å². The number of esters is 1. The van der Waals surface area contributed by atoms with Crippen LogP contribution in [0.25, 0.3) is 11.5 Å². The molecule has 2 aromatic carbocycles. The summed E-state index contributed by atoms with van der Waals surface area (Å²) < 4.78 is 10.2. The van der Waals surface area contributed by atoms with Gasteiger partial charge in [0.05, 0.1) is 12.7 Å². The van der Waals surface area contributed by atoms with E-state index in [0.717, 1.165) is 11.1 Å². The third-order valence-electron chi connectivity index (χ3n) is 3.92. The number of methoxy groups -OCH3 is 1. The fraction of sp³-hybridized carbons (Fsp3) is 0.200. The third-order valence-corrected chi connectivity index (χ3v) is 3.92. The van der Waals surface area contributed by atoms with Crippen molar-refractivity contribution in [3.63, 3.8) is 0 Å². The Morgan fingerprint density at radius 3 is 2.48 bits per heavy atom. The minimum Gasteiger partial charge on any atom is -0.465 e. The molecule has 1 N–H and O–H groups in total. The van der Waals surface area contributed by atoms with Gasteiger partial charge < -0.3 is 14.5 Å². The molecule has 0 aliphatic heterocycles. The van der Waals surface area contributed by atoms with Gasteiger partial charge in [0.2, 0.25) is 17.7 Å². The zero-order valence-corrected chi connectivity index (χ0v) is 14.8. The molecule has 138 valence electrons. The van der Waals surface area contributed by atoms with E-state index in [2.05, 4.69) is 20.3 Å². The summed E-state index contributed by atoms with van der Waals surface area (Å²) in [5.74, 6) is 0.356. The van der Waals surface area contributed by atoms with Crippen LogP contribution in [0.4, 0.5) is 0 Å². The van der Waals surface area contributed by atoms with Crippen LogP contribution in [-0.2, 0) is 22.5 Å². The molecule has 0 fully saturated rings. The molecule has 1 amide bonds. The van der Waals surface area contributed by atoms with Crippen LogP contribution in [0, 0.1) is 0 Å². The molecule has 0 bridgehead atoms. The average Bonchev–Trinajstić information content (AvgIpc) is 3.20. The van der Waals surface area contributed by atoms with Gasteiger partial charge in [-0.05, 0) is 29.8 Å². The Labute approximate surface area is 156 Å². The summed E-state index contributed by atoms with van der Waals surface area (Å²) in [6.07, 6.45) is 0.615. The molecule has 0 radical (unpaired) electrons. The highest BCUT2D eigenvalue weighted by molar-refractivity contribution is 5.89. The Hall–Kier alpha value is -3.48. The lowest BCUT2D eigenvalue weighted by molar-refractivity contribution is -0.121. The maximum Gasteiger partial charge on any atom is 0.337 e. The van der Waals surface area contributed by atoms with E-state index in [1.165, 1.54) is 7.11 Å². The summed E-state index contributed by atoms with van der Waals surface area (Å²) in [5.41, 5.74) is 2.20. The molecule has 0 saturated heterocycles. The molecule has 0 spiro atoms. The SMILES string of the molecule is COC(=O)c1ccc(CNC(=O)CCc2nnc(-c3ccccc3)o2)cc1. The maximum absolute atomic E-state index is 12.0. The topological polar surface area (TPSA) is 94.3 Å². The van der Waals surface area contributed by atoms with Gasteiger partial charge in [0.1, 0.15) is 0 Å². The number of hydrogen-bond acceptors (Lipinski definition) is 6. The van der Waals surface area contributed by atoms with Crippen LogP contribution >= 0.6 is 0 Å². The molecular formula is C20H19N3O4. The smallest absolute Gasteiger partial charge is 0.337 e. The van der Waals surface area contributed by atoms with E-state index in [1.807, 2.05) is 30.3 Å². The zero-order valence-electron chi connectivity index (χ0n) is 14.8. The molecule has 0 aliphatic rings. The van der Waals surface area contributed by atoms with E-state index in [0.29, 0.717) is 30.3 Å². The first-order valence-corrected chi connectivity index (χ1v) is 8.47. The van der Waals surface area contributed by atoms with Crippen molar-refractivity contribution in [1.29, 1.82) is 0 Å². The van der Waals surface area contributed by atoms with Crippen molar-refractivity contribution in [3.05, 3.63) is 71.6 Å². The molecule has 7 heteroatoms. The molecule has 0 saturated carbocycles. The Kier molecular flexibility index (Phi) is 5.94. The highest BCUT2D eigenvalue weighted by Gasteiger charge is 2.10. The molecule has 27 heavy (non-hydrogen) atoms. The molecular weight excluding hydrogens is 346 g/mol. The second-order valence-electron chi connectivity index (χ2n) is 5.83. The summed E-state index contributed by atoms with van der Waals surface area (Å²) in [5, 5.41) is 10.8. The minimum atomic E-state index is -0.389. The summed E-state index contributed by atoms with van der Waals surface area (Å²) >= 11 is 0. The Morgan fingerprint density at radius 1 is 1.04 bits per heavy atom. The van der Waals surface area contributed by atoms with Gasteiger partial charge >= 0.3 is 5.97 Å². The van der Waals surface area contributed by atoms with Gasteiger partial charge in [-0.25, -0.2) is 4.79 Å². The molecule has 1 aromatic heterocycles. The van der Waals surface area contributed by atoms with E-state index in [4.69, 9.17) is 4.42 Å². The van der Waals surface area contributed by atoms with E-state index in [9.17, 15) is 9.59 Å². The van der Waals surface area contributed by atoms with Crippen molar-refractivity contribution in [3.8, 4) is 11.5 Å². The molecule has 0 unspecified atom stereocenters. The number of carbonyl (C=O) groups is 2. The van der Waals surface area contributed by atoms with Crippen LogP contribution in [0.15, 0.2) is 59.0 Å². The van der Waals surface area contributed by atoms with E-state index in [1.54, 1.807) is 24.3 Å². The van der Waals surface area contributed by atoms with Gasteiger partial charge in [0.25, 0.3) is 0 Å². The van der Waals surface area contributed by atoms with Crippen molar-refractivity contribution >= 4 is 11.9 Å². The molecule has 3 aromatic rings. The number of ether oxygens (including phenoxy) is 1. The predicted molar refractivity (Wildman–Crippen MR) is 97.7 cm³/mol. The van der Waals surface area contributed by atoms with Gasteiger partial charge in [-0.1, -0.05) is 30.3 Å². The summed E-state index contributed by atoms with van der Waals surface area (Å²) in [7, 11) is 1.34. The first kappa shape index (κ1) is 18.3. The number of rotatable bonds is 7. The number of aryl methyl sites for hydroxylation is 1. The monoisotopic (exact) mass is 365 g/mol. The number of nitrogens with one attached hydrogen (secondary N) is 1. The summed E-state index contributed by atoms with van der Waals surface area (Å²) in [6.45, 7) is 0.374. The molecule has 7 nitrogen and oxygen atoms in total. The second-order valence-corrected chi connectivity index (χ2v) is 5.83. The van der Waals surface area contributed by atoms with Gasteiger partial charge in [-0.15, -0.1) is 10.2 Å². The maximum atomic E-state index is 12.0. The fourth-order valence-electron chi connectivity index (χ4n) is 2.44. The van der Waals surface area contributed by atoms with Gasteiger partial charge in [-0.2, -0.15) is 0 Å². The number of aromatic nitrogens is 2. The van der Waals surface area contributed by atoms with Crippen LogP contribution in [-0.4, -0.2) is 29.2 Å². The Balaban J connectivity index is 1.46. The third kappa shape index (κ3) is 5.01. The van der Waals surface area contributed by atoms with Crippen molar-refractivity contribution < 1.29 is 18.7 Å². The quantitative estimate of drug-likeness (QED) is 0.647. The summed E-state index contributed by atoms with van der Waals surface area (Å²) in [4.78, 5) is 23.4. The van der Waals surface area contributed by atoms with E-state index < -0.39 is 0 Å². The lowest BCUT2D eigenvalue weighted by Gasteiger charge is -2.05. The van der Waals surface area contributed by atoms with Gasteiger partial charge in [0, 0.05) is 24.9 Å². The largest absolute Gasteiger partial charge is 0.465 e. The van der Waals surface area contributed by atoms with Crippen LogP contribution in [0.1, 0.15) is 28.2 Å². The normalized spacial score (nSPS) is 10.4. The van der Waals surface area contributed by atoms with Crippen molar-refractivity contribution in [2.75, 3.05) is 7.11 Å². The lowest BCUT2D eigenvalue weighted by atomic mass is 10.1. The highest BCUT2D eigenvalue weighted by atomic mass is 16.5. The van der Waals surface area contributed by atoms with Crippen LogP contribution < -0.4 is 5.32 Å². The minimum absolute atomic E-state index is 0.119. The first-order valence-electron chi connectivity index (χ1n) is 8.47.